The minimum absolute atomic E-state index is 0.639. The van der Waals surface area contributed by atoms with Crippen LogP contribution in [0.25, 0.3) is 0 Å². The molecule has 0 radical (unpaired) electrons. The van der Waals surface area contributed by atoms with E-state index < -0.39 is 0 Å². The van der Waals surface area contributed by atoms with E-state index in [-0.39, 0.29) is 0 Å². The van der Waals surface area contributed by atoms with Crippen LogP contribution < -0.4 is 5.32 Å². The van der Waals surface area contributed by atoms with Crippen molar-refractivity contribution in [3.63, 3.8) is 0 Å². The number of nitrogens with one attached hydrogen (secondary N) is 1. The lowest BCUT2D eigenvalue weighted by molar-refractivity contribution is 1.04. The van der Waals surface area contributed by atoms with Crippen molar-refractivity contribution in [3.8, 4) is 0 Å². The Hall–Kier alpha value is -0.650. The van der Waals surface area contributed by atoms with E-state index in [1.165, 1.54) is 0 Å². The molecule has 0 fully saturated rings. The van der Waals surface area contributed by atoms with Gasteiger partial charge < -0.3 is 5.32 Å². The first-order valence-electron chi connectivity index (χ1n) is 4.78. The van der Waals surface area contributed by atoms with Crippen LogP contribution in [0.5, 0.6) is 0 Å². The van der Waals surface area contributed by atoms with Crippen LogP contribution in [0.1, 0.15) is 5.82 Å². The Labute approximate surface area is 121 Å². The number of hydrogen-bond donors (Lipinski definition) is 1. The van der Waals surface area contributed by atoms with E-state index in [1.54, 1.807) is 6.07 Å². The summed E-state index contributed by atoms with van der Waals surface area (Å²) in [6.45, 7) is 1.83. The lowest BCUT2D eigenvalue weighted by Crippen LogP contribution is -1.97. The highest BCUT2D eigenvalue weighted by atomic mass is 79.9. The predicted molar refractivity (Wildman–Crippen MR) is 76.9 cm³/mol. The number of aromatic nitrogens is 2. The molecular formula is C11H8Br2ClN3. The molecule has 0 saturated heterocycles. The molecule has 1 heterocycles. The van der Waals surface area contributed by atoms with Gasteiger partial charge in [0.1, 0.15) is 16.2 Å². The zero-order valence-corrected chi connectivity index (χ0v) is 12.8. The van der Waals surface area contributed by atoms with Crippen LogP contribution in [0.2, 0.25) is 5.02 Å². The summed E-state index contributed by atoms with van der Waals surface area (Å²) in [5, 5.41) is 3.79. The monoisotopic (exact) mass is 375 g/mol. The molecule has 0 bridgehead atoms. The highest BCUT2D eigenvalue weighted by Gasteiger charge is 2.04. The Morgan fingerprint density at radius 1 is 1.18 bits per heavy atom. The van der Waals surface area contributed by atoms with Crippen molar-refractivity contribution in [2.24, 2.45) is 0 Å². The highest BCUT2D eigenvalue weighted by Crippen LogP contribution is 2.28. The highest BCUT2D eigenvalue weighted by molar-refractivity contribution is 9.10. The maximum atomic E-state index is 6.09. The Bertz CT molecular complexity index is 540. The Morgan fingerprint density at radius 3 is 2.65 bits per heavy atom. The molecule has 88 valence electrons. The molecule has 0 spiro atoms. The fraction of sp³-hybridized carbons (Fsp3) is 0.0909. The second-order valence-electron chi connectivity index (χ2n) is 3.37. The molecule has 1 aromatic heterocycles. The smallest absolute Gasteiger partial charge is 0.135 e. The molecule has 1 aromatic carbocycles. The molecule has 0 aliphatic heterocycles. The fourth-order valence-corrected chi connectivity index (χ4v) is 2.33. The van der Waals surface area contributed by atoms with Gasteiger partial charge in [0.05, 0.1) is 10.7 Å². The quantitative estimate of drug-likeness (QED) is 0.771. The van der Waals surface area contributed by atoms with Gasteiger partial charge in [0.25, 0.3) is 0 Å². The van der Waals surface area contributed by atoms with Crippen molar-refractivity contribution in [1.29, 1.82) is 0 Å². The van der Waals surface area contributed by atoms with Crippen LogP contribution in [0.4, 0.5) is 11.5 Å². The van der Waals surface area contributed by atoms with Gasteiger partial charge in [0.2, 0.25) is 0 Å². The molecule has 1 N–H and O–H groups in total. The Morgan fingerprint density at radius 2 is 1.94 bits per heavy atom. The minimum Gasteiger partial charge on any atom is -0.339 e. The third-order valence-electron chi connectivity index (χ3n) is 2.00. The number of aryl methyl sites for hydroxylation is 1. The maximum Gasteiger partial charge on any atom is 0.135 e. The largest absolute Gasteiger partial charge is 0.339 e. The van der Waals surface area contributed by atoms with Crippen LogP contribution in [-0.2, 0) is 0 Å². The average Bonchev–Trinajstić information content (AvgIpc) is 2.22. The molecule has 0 aliphatic rings. The van der Waals surface area contributed by atoms with Gasteiger partial charge in [-0.3, -0.25) is 0 Å². The van der Waals surface area contributed by atoms with Gasteiger partial charge in [-0.25, -0.2) is 9.97 Å². The maximum absolute atomic E-state index is 6.09. The zero-order valence-electron chi connectivity index (χ0n) is 8.84. The van der Waals surface area contributed by atoms with Crippen molar-refractivity contribution in [3.05, 3.63) is 44.2 Å². The van der Waals surface area contributed by atoms with Gasteiger partial charge in [-0.15, -0.1) is 0 Å². The molecule has 0 saturated carbocycles. The number of anilines is 2. The molecule has 0 atom stereocenters. The predicted octanol–water partition coefficient (Wildman–Crippen LogP) is 4.71. The van der Waals surface area contributed by atoms with E-state index in [4.69, 9.17) is 11.6 Å². The SMILES string of the molecule is Cc1nc(Br)cc(Nc2cc(Br)ccc2Cl)n1. The van der Waals surface area contributed by atoms with Crippen LogP contribution in [0, 0.1) is 6.92 Å². The van der Waals surface area contributed by atoms with Gasteiger partial charge >= 0.3 is 0 Å². The fourth-order valence-electron chi connectivity index (χ4n) is 1.33. The first kappa shape index (κ1) is 12.8. The van der Waals surface area contributed by atoms with Crippen LogP contribution in [0.3, 0.4) is 0 Å². The molecule has 0 aliphatic carbocycles. The molecule has 2 rings (SSSR count). The van der Waals surface area contributed by atoms with Crippen LogP contribution in [-0.4, -0.2) is 9.97 Å². The van der Waals surface area contributed by atoms with Gasteiger partial charge in [0.15, 0.2) is 0 Å². The summed E-state index contributed by atoms with van der Waals surface area (Å²) < 4.78 is 1.69. The van der Waals surface area contributed by atoms with E-state index in [0.29, 0.717) is 16.7 Å². The summed E-state index contributed by atoms with van der Waals surface area (Å²) in [5.74, 6) is 1.39. The van der Waals surface area contributed by atoms with Crippen LogP contribution in [0.15, 0.2) is 33.3 Å². The summed E-state index contributed by atoms with van der Waals surface area (Å²) in [6, 6.07) is 7.39. The average molecular weight is 377 g/mol. The molecular weight excluding hydrogens is 369 g/mol. The van der Waals surface area contributed by atoms with E-state index >= 15 is 0 Å². The number of benzene rings is 1. The topological polar surface area (TPSA) is 37.8 Å². The van der Waals surface area contributed by atoms with E-state index in [0.717, 1.165) is 14.8 Å². The summed E-state index contributed by atoms with van der Waals surface area (Å²) in [6.07, 6.45) is 0. The number of halogens is 3. The van der Waals surface area contributed by atoms with Gasteiger partial charge in [0, 0.05) is 10.5 Å². The Balaban J connectivity index is 2.34. The van der Waals surface area contributed by atoms with Gasteiger partial charge in [-0.05, 0) is 41.1 Å². The summed E-state index contributed by atoms with van der Waals surface area (Å²) >= 11 is 12.8. The summed E-state index contributed by atoms with van der Waals surface area (Å²) in [5.41, 5.74) is 0.797. The number of nitrogens with zero attached hydrogens (tertiary/aromatic N) is 2. The van der Waals surface area contributed by atoms with Crippen molar-refractivity contribution in [2.45, 2.75) is 6.92 Å². The van der Waals surface area contributed by atoms with Gasteiger partial charge in [-0.1, -0.05) is 27.5 Å². The van der Waals surface area contributed by atoms with Crippen molar-refractivity contribution >= 4 is 55.0 Å². The second kappa shape index (κ2) is 5.33. The molecule has 2 aromatic rings. The lowest BCUT2D eigenvalue weighted by Gasteiger charge is -2.08. The lowest BCUT2D eigenvalue weighted by atomic mass is 10.3. The normalized spacial score (nSPS) is 10.4. The zero-order chi connectivity index (χ0) is 12.4. The van der Waals surface area contributed by atoms with Crippen LogP contribution >= 0.6 is 43.5 Å². The molecule has 6 heteroatoms. The molecule has 17 heavy (non-hydrogen) atoms. The van der Waals surface area contributed by atoms with E-state index in [1.807, 2.05) is 25.1 Å². The third kappa shape index (κ3) is 3.40. The van der Waals surface area contributed by atoms with Crippen molar-refractivity contribution in [1.82, 2.24) is 9.97 Å². The Kier molecular flexibility index (Phi) is 4.01. The van der Waals surface area contributed by atoms with Gasteiger partial charge in [-0.2, -0.15) is 0 Å². The number of hydrogen-bond acceptors (Lipinski definition) is 3. The molecule has 0 amide bonds. The van der Waals surface area contributed by atoms with Crippen molar-refractivity contribution < 1.29 is 0 Å². The number of rotatable bonds is 2. The standard InChI is InChI=1S/C11H8Br2ClN3/c1-6-15-10(13)5-11(16-6)17-9-4-7(12)2-3-8(9)14/h2-5H,1H3,(H,15,16,17). The van der Waals surface area contributed by atoms with Crippen molar-refractivity contribution in [2.75, 3.05) is 5.32 Å². The summed E-state index contributed by atoms with van der Waals surface area (Å²) in [7, 11) is 0. The minimum atomic E-state index is 0.639. The van der Waals surface area contributed by atoms with E-state index in [2.05, 4.69) is 47.1 Å². The second-order valence-corrected chi connectivity index (χ2v) is 5.51. The molecule has 0 unspecified atom stereocenters. The first-order valence-corrected chi connectivity index (χ1v) is 6.74. The first-order chi connectivity index (χ1) is 8.04. The van der Waals surface area contributed by atoms with E-state index in [9.17, 15) is 0 Å². The third-order valence-corrected chi connectivity index (χ3v) is 3.23. The summed E-state index contributed by atoms with van der Waals surface area (Å²) in [4.78, 5) is 8.41. The molecule has 3 nitrogen and oxygen atoms in total.